The Labute approximate surface area is 108 Å². The van der Waals surface area contributed by atoms with Crippen molar-refractivity contribution in [3.8, 4) is 0 Å². The molecule has 2 N–H and O–H groups in total. The van der Waals surface area contributed by atoms with Gasteiger partial charge in [-0.1, -0.05) is 13.3 Å². The number of rotatable bonds is 9. The van der Waals surface area contributed by atoms with Gasteiger partial charge in [0, 0.05) is 25.8 Å². The maximum absolute atomic E-state index is 11.6. The molecule has 17 heavy (non-hydrogen) atoms. The molecule has 1 atom stereocenters. The van der Waals surface area contributed by atoms with Crippen molar-refractivity contribution < 1.29 is 14.3 Å². The maximum Gasteiger partial charge on any atom is 0.243 e. The molecular formula is C11H22N2O3S. The zero-order chi connectivity index (χ0) is 13.1. The molecule has 0 aromatic carbocycles. The van der Waals surface area contributed by atoms with E-state index in [4.69, 9.17) is 4.74 Å². The molecule has 0 bridgehead atoms. The van der Waals surface area contributed by atoms with Crippen molar-refractivity contribution in [1.82, 2.24) is 10.6 Å². The van der Waals surface area contributed by atoms with Gasteiger partial charge < -0.3 is 15.4 Å². The quantitative estimate of drug-likeness (QED) is 0.415. The zero-order valence-corrected chi connectivity index (χ0v) is 11.4. The Morgan fingerprint density at radius 2 is 2.06 bits per heavy atom. The highest BCUT2D eigenvalue weighted by molar-refractivity contribution is 7.80. The van der Waals surface area contributed by atoms with Crippen molar-refractivity contribution in [3.05, 3.63) is 0 Å². The van der Waals surface area contributed by atoms with E-state index in [0.29, 0.717) is 19.8 Å². The summed E-state index contributed by atoms with van der Waals surface area (Å²) in [7, 11) is 0. The molecule has 0 aliphatic heterocycles. The van der Waals surface area contributed by atoms with Gasteiger partial charge >= 0.3 is 0 Å². The Kier molecular flexibility index (Phi) is 9.95. The summed E-state index contributed by atoms with van der Waals surface area (Å²) in [6.07, 6.45) is 2.12. The summed E-state index contributed by atoms with van der Waals surface area (Å²) in [5.74, 6) is -0.185. The first-order valence-corrected chi connectivity index (χ1v) is 6.48. The molecule has 0 aromatic heterocycles. The lowest BCUT2D eigenvalue weighted by atomic mass is 10.3. The Hall–Kier alpha value is -0.750. The number of hydrogen-bond acceptors (Lipinski definition) is 4. The van der Waals surface area contributed by atoms with Crippen LogP contribution in [0, 0.1) is 0 Å². The number of unbranched alkanes of at least 4 members (excludes halogenated alkanes) is 1. The van der Waals surface area contributed by atoms with Gasteiger partial charge in [-0.15, -0.1) is 0 Å². The fourth-order valence-corrected chi connectivity index (χ4v) is 1.41. The van der Waals surface area contributed by atoms with Crippen LogP contribution >= 0.6 is 12.6 Å². The van der Waals surface area contributed by atoms with Gasteiger partial charge in [0.25, 0.3) is 0 Å². The van der Waals surface area contributed by atoms with Gasteiger partial charge in [-0.2, -0.15) is 12.6 Å². The topological polar surface area (TPSA) is 67.4 Å². The van der Waals surface area contributed by atoms with Crippen LogP contribution in [-0.4, -0.2) is 43.4 Å². The SMILES string of the molecule is CCCCOCCNC(=O)C(CS)NC(C)=O. The number of hydrogen-bond donors (Lipinski definition) is 3. The van der Waals surface area contributed by atoms with E-state index in [1.807, 2.05) is 0 Å². The largest absolute Gasteiger partial charge is 0.380 e. The molecule has 5 nitrogen and oxygen atoms in total. The molecule has 0 saturated carbocycles. The van der Waals surface area contributed by atoms with E-state index >= 15 is 0 Å². The molecular weight excluding hydrogens is 240 g/mol. The van der Waals surface area contributed by atoms with Crippen molar-refractivity contribution in [2.75, 3.05) is 25.5 Å². The summed E-state index contributed by atoms with van der Waals surface area (Å²) >= 11 is 4.01. The van der Waals surface area contributed by atoms with Crippen LogP contribution < -0.4 is 10.6 Å². The number of nitrogens with one attached hydrogen (secondary N) is 2. The first-order valence-electron chi connectivity index (χ1n) is 5.85. The summed E-state index contributed by atoms with van der Waals surface area (Å²) in [5, 5.41) is 5.21. The van der Waals surface area contributed by atoms with Gasteiger partial charge in [0.2, 0.25) is 11.8 Å². The second-order valence-corrected chi connectivity index (χ2v) is 4.06. The summed E-state index contributed by atoms with van der Waals surface area (Å²) in [6, 6.07) is -0.577. The third kappa shape index (κ3) is 9.00. The third-order valence-electron chi connectivity index (χ3n) is 2.06. The summed E-state index contributed by atoms with van der Waals surface area (Å²) < 4.78 is 5.30. The van der Waals surface area contributed by atoms with Gasteiger partial charge in [0.15, 0.2) is 0 Å². The maximum atomic E-state index is 11.6. The molecule has 6 heteroatoms. The van der Waals surface area contributed by atoms with Gasteiger partial charge in [0.05, 0.1) is 6.61 Å². The first kappa shape index (κ1) is 16.2. The van der Waals surface area contributed by atoms with Crippen LogP contribution in [0.15, 0.2) is 0 Å². The number of ether oxygens (including phenoxy) is 1. The Balaban J connectivity index is 3.64. The molecule has 0 aliphatic carbocycles. The van der Waals surface area contributed by atoms with E-state index in [9.17, 15) is 9.59 Å². The normalized spacial score (nSPS) is 11.9. The standard InChI is InChI=1S/C11H22N2O3S/c1-3-4-6-16-7-5-12-11(15)10(8-17)13-9(2)14/h10,17H,3-8H2,1-2H3,(H,12,15)(H,13,14). The summed E-state index contributed by atoms with van der Waals surface area (Å²) in [4.78, 5) is 22.4. The highest BCUT2D eigenvalue weighted by Crippen LogP contribution is 1.89. The second-order valence-electron chi connectivity index (χ2n) is 3.69. The first-order chi connectivity index (χ1) is 8.11. The minimum atomic E-state index is -0.577. The minimum absolute atomic E-state index is 0.228. The van der Waals surface area contributed by atoms with Gasteiger partial charge in [-0.3, -0.25) is 9.59 Å². The molecule has 0 heterocycles. The Morgan fingerprint density at radius 3 is 2.59 bits per heavy atom. The van der Waals surface area contributed by atoms with Crippen LogP contribution in [0.4, 0.5) is 0 Å². The molecule has 1 unspecified atom stereocenters. The number of thiol groups is 1. The zero-order valence-electron chi connectivity index (χ0n) is 10.5. The average Bonchev–Trinajstić information content (AvgIpc) is 2.30. The van der Waals surface area contributed by atoms with Crippen LogP contribution in [0.2, 0.25) is 0 Å². The van der Waals surface area contributed by atoms with E-state index in [-0.39, 0.29) is 17.6 Å². The molecule has 100 valence electrons. The fraction of sp³-hybridized carbons (Fsp3) is 0.818. The van der Waals surface area contributed by atoms with E-state index in [2.05, 4.69) is 30.2 Å². The molecule has 0 fully saturated rings. The minimum Gasteiger partial charge on any atom is -0.380 e. The average molecular weight is 262 g/mol. The summed E-state index contributed by atoms with van der Waals surface area (Å²) in [6.45, 7) is 5.12. The molecule has 0 aliphatic rings. The molecule has 0 aromatic rings. The highest BCUT2D eigenvalue weighted by atomic mass is 32.1. The third-order valence-corrected chi connectivity index (χ3v) is 2.43. The Morgan fingerprint density at radius 1 is 1.35 bits per heavy atom. The predicted octanol–water partition coefficient (Wildman–Crippen LogP) is 0.354. The van der Waals surface area contributed by atoms with Gasteiger partial charge in [-0.25, -0.2) is 0 Å². The number of carbonyl (C=O) groups is 2. The molecule has 0 rings (SSSR count). The highest BCUT2D eigenvalue weighted by Gasteiger charge is 2.16. The predicted molar refractivity (Wildman–Crippen MR) is 70.2 cm³/mol. The fourth-order valence-electron chi connectivity index (χ4n) is 1.16. The smallest absolute Gasteiger partial charge is 0.243 e. The van der Waals surface area contributed by atoms with Crippen molar-refractivity contribution in [2.45, 2.75) is 32.7 Å². The van der Waals surface area contributed by atoms with Crippen LogP contribution in [0.5, 0.6) is 0 Å². The van der Waals surface area contributed by atoms with E-state index in [0.717, 1.165) is 12.8 Å². The van der Waals surface area contributed by atoms with Crippen LogP contribution in [0.3, 0.4) is 0 Å². The monoisotopic (exact) mass is 262 g/mol. The van der Waals surface area contributed by atoms with Crippen molar-refractivity contribution in [1.29, 1.82) is 0 Å². The van der Waals surface area contributed by atoms with Gasteiger partial charge in [-0.05, 0) is 6.42 Å². The number of amides is 2. The Bertz CT molecular complexity index is 237. The van der Waals surface area contributed by atoms with Crippen molar-refractivity contribution in [3.63, 3.8) is 0 Å². The van der Waals surface area contributed by atoms with Crippen LogP contribution in [0.1, 0.15) is 26.7 Å². The molecule has 0 radical (unpaired) electrons. The molecule has 2 amide bonds. The number of carbonyl (C=O) groups excluding carboxylic acids is 2. The van der Waals surface area contributed by atoms with E-state index < -0.39 is 6.04 Å². The van der Waals surface area contributed by atoms with Crippen molar-refractivity contribution >= 4 is 24.4 Å². The van der Waals surface area contributed by atoms with Crippen molar-refractivity contribution in [2.24, 2.45) is 0 Å². The van der Waals surface area contributed by atoms with Gasteiger partial charge in [0.1, 0.15) is 6.04 Å². The molecule has 0 saturated heterocycles. The second kappa shape index (κ2) is 10.4. The lowest BCUT2D eigenvalue weighted by Crippen LogP contribution is -2.47. The molecule has 0 spiro atoms. The lowest BCUT2D eigenvalue weighted by molar-refractivity contribution is -0.127. The van der Waals surface area contributed by atoms with Crippen LogP contribution in [-0.2, 0) is 14.3 Å². The van der Waals surface area contributed by atoms with Crippen LogP contribution in [0.25, 0.3) is 0 Å². The van der Waals surface area contributed by atoms with E-state index in [1.165, 1.54) is 6.92 Å². The lowest BCUT2D eigenvalue weighted by Gasteiger charge is -2.15. The van der Waals surface area contributed by atoms with E-state index in [1.54, 1.807) is 0 Å². The summed E-state index contributed by atoms with van der Waals surface area (Å²) in [5.41, 5.74) is 0.